The lowest BCUT2D eigenvalue weighted by Gasteiger charge is -2.27. The number of para-hydroxylation sites is 1. The van der Waals surface area contributed by atoms with Crippen LogP contribution in [-0.2, 0) is 4.79 Å². The van der Waals surface area contributed by atoms with Crippen LogP contribution in [0.4, 0.5) is 11.4 Å². The Labute approximate surface area is 171 Å². The zero-order valence-electron chi connectivity index (χ0n) is 14.7. The number of benzene rings is 3. The summed E-state index contributed by atoms with van der Waals surface area (Å²) in [5, 5.41) is 3.53. The third-order valence-electron chi connectivity index (χ3n) is 4.70. The highest BCUT2D eigenvalue weighted by molar-refractivity contribution is 8.00. The Morgan fingerprint density at radius 2 is 1.89 bits per heavy atom. The molecule has 138 valence electrons. The molecule has 6 heteroatoms. The molecule has 1 unspecified atom stereocenters. The smallest absolute Gasteiger partial charge is 0.262 e. The largest absolute Gasteiger partial charge is 0.482 e. The quantitative estimate of drug-likeness (QED) is 0.599. The van der Waals surface area contributed by atoms with Gasteiger partial charge in [-0.2, -0.15) is 0 Å². The monoisotopic (exact) mass is 406 g/mol. The summed E-state index contributed by atoms with van der Waals surface area (Å²) in [6.45, 7) is 0.0404. The topological polar surface area (TPSA) is 50.7 Å². The van der Waals surface area contributed by atoms with Gasteiger partial charge in [-0.15, -0.1) is 11.8 Å². The molecule has 5 rings (SSSR count). The molecule has 0 spiro atoms. The molecule has 2 heterocycles. The first-order valence-corrected chi connectivity index (χ1v) is 10.1. The number of anilines is 1. The summed E-state index contributed by atoms with van der Waals surface area (Å²) in [7, 11) is 0. The molecule has 1 amide bonds. The SMILES string of the molecule is O=C1COc2ccc(C3=Nc4ccccc4SC3c3ccccc3Cl)cc2N1. The number of carbonyl (C=O) groups excluding carboxylic acids is 1. The zero-order chi connectivity index (χ0) is 19.1. The van der Waals surface area contributed by atoms with Crippen LogP contribution >= 0.6 is 23.4 Å². The molecular weight excluding hydrogens is 392 g/mol. The number of fused-ring (bicyclic) bond motifs is 2. The molecule has 1 atom stereocenters. The number of halogens is 1. The molecule has 1 N–H and O–H groups in total. The van der Waals surface area contributed by atoms with Gasteiger partial charge < -0.3 is 10.1 Å². The lowest BCUT2D eigenvalue weighted by Crippen LogP contribution is -2.25. The Kier molecular flexibility index (Phi) is 4.34. The number of nitrogens with one attached hydrogen (secondary N) is 1. The van der Waals surface area contributed by atoms with Gasteiger partial charge in [0.15, 0.2) is 6.61 Å². The van der Waals surface area contributed by atoms with Crippen LogP contribution in [-0.4, -0.2) is 18.2 Å². The average Bonchev–Trinajstić information content (AvgIpc) is 2.72. The Morgan fingerprint density at radius 1 is 1.07 bits per heavy atom. The molecule has 2 aliphatic rings. The summed E-state index contributed by atoms with van der Waals surface area (Å²) in [5.41, 5.74) is 4.44. The second-order valence-electron chi connectivity index (χ2n) is 6.53. The molecule has 3 aromatic carbocycles. The van der Waals surface area contributed by atoms with Crippen LogP contribution in [0.5, 0.6) is 5.75 Å². The average molecular weight is 407 g/mol. The second kappa shape index (κ2) is 7.00. The van der Waals surface area contributed by atoms with Gasteiger partial charge in [0.1, 0.15) is 5.75 Å². The molecule has 2 aliphatic heterocycles. The highest BCUT2D eigenvalue weighted by Crippen LogP contribution is 2.48. The second-order valence-corrected chi connectivity index (χ2v) is 8.09. The fraction of sp³-hybridized carbons (Fsp3) is 0.0909. The van der Waals surface area contributed by atoms with Crippen molar-refractivity contribution in [2.45, 2.75) is 10.1 Å². The van der Waals surface area contributed by atoms with Gasteiger partial charge in [0, 0.05) is 9.92 Å². The molecule has 3 aromatic rings. The van der Waals surface area contributed by atoms with E-state index in [4.69, 9.17) is 21.3 Å². The van der Waals surface area contributed by atoms with Gasteiger partial charge in [-0.1, -0.05) is 41.9 Å². The minimum atomic E-state index is -0.155. The Morgan fingerprint density at radius 3 is 2.79 bits per heavy atom. The van der Waals surface area contributed by atoms with Crippen LogP contribution in [0.25, 0.3) is 0 Å². The lowest BCUT2D eigenvalue weighted by atomic mass is 9.99. The minimum absolute atomic E-state index is 0.0404. The predicted molar refractivity (Wildman–Crippen MR) is 113 cm³/mol. The maximum atomic E-state index is 11.7. The number of amides is 1. The van der Waals surface area contributed by atoms with Crippen molar-refractivity contribution in [2.24, 2.45) is 4.99 Å². The van der Waals surface area contributed by atoms with Crippen molar-refractivity contribution in [1.29, 1.82) is 0 Å². The molecule has 0 saturated carbocycles. The molecule has 0 saturated heterocycles. The zero-order valence-corrected chi connectivity index (χ0v) is 16.3. The van der Waals surface area contributed by atoms with Gasteiger partial charge >= 0.3 is 0 Å². The van der Waals surface area contributed by atoms with Gasteiger partial charge in [-0.3, -0.25) is 9.79 Å². The van der Waals surface area contributed by atoms with E-state index in [0.717, 1.165) is 27.4 Å². The van der Waals surface area contributed by atoms with Crippen molar-refractivity contribution in [3.05, 3.63) is 82.9 Å². The van der Waals surface area contributed by atoms with Crippen LogP contribution in [0.3, 0.4) is 0 Å². The summed E-state index contributed by atoms with van der Waals surface area (Å²) in [6, 6.07) is 21.7. The van der Waals surface area contributed by atoms with Crippen molar-refractivity contribution in [2.75, 3.05) is 11.9 Å². The summed E-state index contributed by atoms with van der Waals surface area (Å²) >= 11 is 8.26. The van der Waals surface area contributed by atoms with Crippen molar-refractivity contribution in [3.63, 3.8) is 0 Å². The van der Waals surface area contributed by atoms with E-state index in [0.29, 0.717) is 16.5 Å². The van der Waals surface area contributed by atoms with Crippen molar-refractivity contribution in [1.82, 2.24) is 0 Å². The van der Waals surface area contributed by atoms with Crippen LogP contribution in [0.2, 0.25) is 5.02 Å². The van der Waals surface area contributed by atoms with Gasteiger partial charge in [-0.25, -0.2) is 0 Å². The number of hydrogen-bond donors (Lipinski definition) is 1. The Hall–Kier alpha value is -2.76. The summed E-state index contributed by atoms with van der Waals surface area (Å²) < 4.78 is 5.49. The van der Waals surface area contributed by atoms with Crippen LogP contribution < -0.4 is 10.1 Å². The van der Waals surface area contributed by atoms with Gasteiger partial charge in [-0.05, 0) is 47.5 Å². The van der Waals surface area contributed by atoms with Crippen LogP contribution in [0.1, 0.15) is 16.4 Å². The van der Waals surface area contributed by atoms with E-state index in [1.54, 1.807) is 11.8 Å². The van der Waals surface area contributed by atoms with Gasteiger partial charge in [0.05, 0.1) is 22.3 Å². The first kappa shape index (κ1) is 17.3. The van der Waals surface area contributed by atoms with E-state index in [9.17, 15) is 4.79 Å². The van der Waals surface area contributed by atoms with E-state index in [-0.39, 0.29) is 17.8 Å². The standard InChI is InChI=1S/C22H15ClN2O2S/c23-15-6-2-1-5-14(15)22-21(25-16-7-3-4-8-19(16)28-22)13-9-10-18-17(11-13)24-20(26)12-27-18/h1-11,22H,12H2,(H,24,26). The van der Waals surface area contributed by atoms with E-state index in [1.165, 1.54) is 0 Å². The highest BCUT2D eigenvalue weighted by Gasteiger charge is 2.29. The summed E-state index contributed by atoms with van der Waals surface area (Å²) in [5.74, 6) is 0.514. The number of thioether (sulfide) groups is 1. The Bertz CT molecular complexity index is 1130. The fourth-order valence-corrected chi connectivity index (χ4v) is 4.97. The highest BCUT2D eigenvalue weighted by atomic mass is 35.5. The van der Waals surface area contributed by atoms with Crippen molar-refractivity contribution >= 4 is 46.4 Å². The summed E-state index contributed by atoms with van der Waals surface area (Å²) in [4.78, 5) is 17.8. The fourth-order valence-electron chi connectivity index (χ4n) is 3.38. The maximum Gasteiger partial charge on any atom is 0.262 e. The van der Waals surface area contributed by atoms with E-state index in [1.807, 2.05) is 60.7 Å². The molecule has 0 aliphatic carbocycles. The van der Waals surface area contributed by atoms with Crippen LogP contribution in [0, 0.1) is 0 Å². The normalized spacial score (nSPS) is 17.7. The minimum Gasteiger partial charge on any atom is -0.482 e. The number of nitrogens with zero attached hydrogens (tertiary/aromatic N) is 1. The first-order valence-electron chi connectivity index (χ1n) is 8.85. The van der Waals surface area contributed by atoms with Crippen LogP contribution in [0.15, 0.2) is 76.6 Å². The molecule has 4 nitrogen and oxygen atoms in total. The van der Waals surface area contributed by atoms with Gasteiger partial charge in [0.25, 0.3) is 5.91 Å². The molecular formula is C22H15ClN2O2S. The number of rotatable bonds is 2. The van der Waals surface area contributed by atoms with Crippen molar-refractivity contribution in [3.8, 4) is 5.75 Å². The summed E-state index contributed by atoms with van der Waals surface area (Å²) in [6.07, 6.45) is 0. The van der Waals surface area contributed by atoms with E-state index in [2.05, 4.69) is 11.4 Å². The van der Waals surface area contributed by atoms with E-state index >= 15 is 0 Å². The molecule has 0 aromatic heterocycles. The molecule has 0 bridgehead atoms. The molecule has 28 heavy (non-hydrogen) atoms. The molecule has 0 fully saturated rings. The predicted octanol–water partition coefficient (Wildman–Crippen LogP) is 5.64. The van der Waals surface area contributed by atoms with Gasteiger partial charge in [0.2, 0.25) is 0 Å². The Balaban J connectivity index is 1.66. The number of carbonyl (C=O) groups is 1. The molecule has 0 radical (unpaired) electrons. The van der Waals surface area contributed by atoms with E-state index < -0.39 is 0 Å². The third kappa shape index (κ3) is 3.07. The number of ether oxygens (including phenoxy) is 1. The maximum absolute atomic E-state index is 11.7. The lowest BCUT2D eigenvalue weighted by molar-refractivity contribution is -0.118. The first-order chi connectivity index (χ1) is 13.7. The number of hydrogen-bond acceptors (Lipinski definition) is 4. The number of aliphatic imine (C=N–C) groups is 1. The third-order valence-corrected chi connectivity index (χ3v) is 6.35. The van der Waals surface area contributed by atoms with Crippen molar-refractivity contribution < 1.29 is 9.53 Å².